The summed E-state index contributed by atoms with van der Waals surface area (Å²) in [7, 11) is 0. The van der Waals surface area contributed by atoms with Crippen LogP contribution in [0.15, 0.2) is 18.2 Å². The number of benzene rings is 1. The van der Waals surface area contributed by atoms with Crippen LogP contribution < -0.4 is 10.2 Å². The summed E-state index contributed by atoms with van der Waals surface area (Å²) in [6.45, 7) is 6.77. The first-order chi connectivity index (χ1) is 7.11. The van der Waals surface area contributed by atoms with Crippen LogP contribution in [0.5, 0.6) is 0 Å². The van der Waals surface area contributed by atoms with Crippen molar-refractivity contribution in [3.8, 4) is 0 Å². The molecule has 0 unspecified atom stereocenters. The average Bonchev–Trinajstić information content (AvgIpc) is 2.17. The predicted molar refractivity (Wildman–Crippen MR) is 61.0 cm³/mol. The van der Waals surface area contributed by atoms with E-state index in [1.54, 1.807) is 0 Å². The van der Waals surface area contributed by atoms with Crippen LogP contribution in [0, 0.1) is 6.92 Å². The predicted octanol–water partition coefficient (Wildman–Crippen LogP) is 2.43. The monoisotopic (exact) mass is 204 g/mol. The Bertz CT molecular complexity index is 399. The van der Waals surface area contributed by atoms with Crippen molar-refractivity contribution in [3.63, 3.8) is 0 Å². The van der Waals surface area contributed by atoms with Gasteiger partial charge in [0.05, 0.1) is 5.69 Å². The van der Waals surface area contributed by atoms with E-state index < -0.39 is 0 Å². The molecule has 2 amide bonds. The highest BCUT2D eigenvalue weighted by Gasteiger charge is 2.26. The minimum absolute atomic E-state index is 0.00287. The highest BCUT2D eigenvalue weighted by molar-refractivity contribution is 5.95. The van der Waals surface area contributed by atoms with E-state index in [-0.39, 0.29) is 12.1 Å². The summed E-state index contributed by atoms with van der Waals surface area (Å²) in [5.74, 6) is 0. The largest absolute Gasteiger partial charge is 0.334 e. The van der Waals surface area contributed by atoms with Crippen molar-refractivity contribution < 1.29 is 4.79 Å². The van der Waals surface area contributed by atoms with E-state index in [9.17, 15) is 4.79 Å². The fourth-order valence-corrected chi connectivity index (χ4v) is 2.01. The molecule has 0 aromatic heterocycles. The summed E-state index contributed by atoms with van der Waals surface area (Å²) in [5, 5.41) is 2.90. The topological polar surface area (TPSA) is 32.3 Å². The lowest BCUT2D eigenvalue weighted by molar-refractivity contribution is 0.243. The van der Waals surface area contributed by atoms with Gasteiger partial charge in [-0.15, -0.1) is 0 Å². The Morgan fingerprint density at radius 2 is 2.13 bits per heavy atom. The summed E-state index contributed by atoms with van der Waals surface area (Å²) in [4.78, 5) is 13.5. The van der Waals surface area contributed by atoms with Gasteiger partial charge in [-0.05, 0) is 38.0 Å². The molecule has 1 aromatic rings. The average molecular weight is 204 g/mol. The molecular formula is C12H16N2O. The summed E-state index contributed by atoms with van der Waals surface area (Å²) in [6, 6.07) is 6.28. The SMILES string of the molecule is Cc1cccc2c1CNC(=O)N2C(C)C. The standard InChI is InChI=1S/C12H16N2O/c1-8(2)14-11-6-4-5-9(3)10(11)7-13-12(14)15/h4-6,8H,7H2,1-3H3,(H,13,15). The Hall–Kier alpha value is -1.51. The van der Waals surface area contributed by atoms with E-state index in [1.807, 2.05) is 30.9 Å². The van der Waals surface area contributed by atoms with Crippen LogP contribution in [0.25, 0.3) is 0 Å². The van der Waals surface area contributed by atoms with Gasteiger partial charge in [-0.25, -0.2) is 4.79 Å². The van der Waals surface area contributed by atoms with Gasteiger partial charge in [0.2, 0.25) is 0 Å². The lowest BCUT2D eigenvalue weighted by atomic mass is 10.0. The highest BCUT2D eigenvalue weighted by atomic mass is 16.2. The Morgan fingerprint density at radius 3 is 2.80 bits per heavy atom. The van der Waals surface area contributed by atoms with E-state index in [0.29, 0.717) is 6.54 Å². The first kappa shape index (κ1) is 10.0. The molecule has 80 valence electrons. The van der Waals surface area contributed by atoms with Gasteiger partial charge in [-0.3, -0.25) is 4.90 Å². The lowest BCUT2D eigenvalue weighted by Crippen LogP contribution is -2.47. The van der Waals surface area contributed by atoms with Crippen LogP contribution in [0.1, 0.15) is 25.0 Å². The summed E-state index contributed by atoms with van der Waals surface area (Å²) < 4.78 is 0. The normalized spacial score (nSPS) is 15.2. The second-order valence-corrected chi connectivity index (χ2v) is 4.20. The molecule has 0 fully saturated rings. The van der Waals surface area contributed by atoms with Crippen molar-refractivity contribution in [1.29, 1.82) is 0 Å². The van der Waals surface area contributed by atoms with Gasteiger partial charge in [0, 0.05) is 12.6 Å². The molecule has 0 saturated heterocycles. The molecule has 0 atom stereocenters. The zero-order valence-corrected chi connectivity index (χ0v) is 9.37. The van der Waals surface area contributed by atoms with Crippen LogP contribution in [0.4, 0.5) is 10.5 Å². The van der Waals surface area contributed by atoms with Crippen LogP contribution in [-0.4, -0.2) is 12.1 Å². The van der Waals surface area contributed by atoms with Crippen molar-refractivity contribution in [3.05, 3.63) is 29.3 Å². The molecule has 15 heavy (non-hydrogen) atoms. The number of hydrogen-bond acceptors (Lipinski definition) is 1. The Morgan fingerprint density at radius 1 is 1.40 bits per heavy atom. The van der Waals surface area contributed by atoms with Crippen molar-refractivity contribution in [1.82, 2.24) is 5.32 Å². The van der Waals surface area contributed by atoms with E-state index in [0.717, 1.165) is 5.69 Å². The van der Waals surface area contributed by atoms with Crippen molar-refractivity contribution in [2.75, 3.05) is 4.90 Å². The zero-order chi connectivity index (χ0) is 11.0. The molecule has 1 aliphatic rings. The highest BCUT2D eigenvalue weighted by Crippen LogP contribution is 2.28. The third-order valence-corrected chi connectivity index (χ3v) is 2.80. The number of nitrogens with zero attached hydrogens (tertiary/aromatic N) is 1. The van der Waals surface area contributed by atoms with Crippen LogP contribution in [-0.2, 0) is 6.54 Å². The van der Waals surface area contributed by atoms with E-state index in [1.165, 1.54) is 11.1 Å². The second kappa shape index (κ2) is 3.57. The molecule has 1 aliphatic heterocycles. The number of amides is 2. The maximum absolute atomic E-state index is 11.7. The number of rotatable bonds is 1. The Kier molecular flexibility index (Phi) is 2.39. The lowest BCUT2D eigenvalue weighted by Gasteiger charge is -2.33. The molecule has 3 heteroatoms. The quantitative estimate of drug-likeness (QED) is 0.748. The molecular weight excluding hydrogens is 188 g/mol. The van der Waals surface area contributed by atoms with Crippen LogP contribution >= 0.6 is 0 Å². The van der Waals surface area contributed by atoms with Gasteiger partial charge in [0.25, 0.3) is 0 Å². The summed E-state index contributed by atoms with van der Waals surface area (Å²) in [5.41, 5.74) is 3.51. The number of carbonyl (C=O) groups excluding carboxylic acids is 1. The third kappa shape index (κ3) is 1.58. The summed E-state index contributed by atoms with van der Waals surface area (Å²) in [6.07, 6.45) is 0. The number of nitrogens with one attached hydrogen (secondary N) is 1. The van der Waals surface area contributed by atoms with Crippen molar-refractivity contribution in [2.45, 2.75) is 33.4 Å². The molecule has 0 saturated carbocycles. The first-order valence-electron chi connectivity index (χ1n) is 5.27. The first-order valence-corrected chi connectivity index (χ1v) is 5.27. The minimum atomic E-state index is 0.00287. The van der Waals surface area contributed by atoms with E-state index >= 15 is 0 Å². The van der Waals surface area contributed by atoms with Gasteiger partial charge < -0.3 is 5.32 Å². The Balaban J connectivity index is 2.53. The number of fused-ring (bicyclic) bond motifs is 1. The summed E-state index contributed by atoms with van der Waals surface area (Å²) >= 11 is 0. The smallest absolute Gasteiger partial charge is 0.322 e. The van der Waals surface area contributed by atoms with Crippen molar-refractivity contribution in [2.24, 2.45) is 0 Å². The third-order valence-electron chi connectivity index (χ3n) is 2.80. The zero-order valence-electron chi connectivity index (χ0n) is 9.37. The van der Waals surface area contributed by atoms with Crippen LogP contribution in [0.2, 0.25) is 0 Å². The maximum atomic E-state index is 11.7. The van der Waals surface area contributed by atoms with Crippen LogP contribution in [0.3, 0.4) is 0 Å². The minimum Gasteiger partial charge on any atom is -0.334 e. The molecule has 3 nitrogen and oxygen atoms in total. The van der Waals surface area contributed by atoms with Crippen molar-refractivity contribution >= 4 is 11.7 Å². The number of carbonyl (C=O) groups is 1. The molecule has 1 N–H and O–H groups in total. The van der Waals surface area contributed by atoms with Gasteiger partial charge in [0.1, 0.15) is 0 Å². The van der Waals surface area contributed by atoms with Gasteiger partial charge in [-0.2, -0.15) is 0 Å². The maximum Gasteiger partial charge on any atom is 0.322 e. The fraction of sp³-hybridized carbons (Fsp3) is 0.417. The molecule has 1 heterocycles. The molecule has 0 bridgehead atoms. The molecule has 2 rings (SSSR count). The molecule has 0 radical (unpaired) electrons. The number of anilines is 1. The second-order valence-electron chi connectivity index (χ2n) is 4.20. The fourth-order valence-electron chi connectivity index (χ4n) is 2.01. The van der Waals surface area contributed by atoms with E-state index in [2.05, 4.69) is 18.3 Å². The van der Waals surface area contributed by atoms with E-state index in [4.69, 9.17) is 0 Å². The number of aryl methyl sites for hydroxylation is 1. The molecule has 1 aromatic carbocycles. The Labute approximate surface area is 90.1 Å². The van der Waals surface area contributed by atoms with Gasteiger partial charge in [0.15, 0.2) is 0 Å². The van der Waals surface area contributed by atoms with Gasteiger partial charge in [-0.1, -0.05) is 12.1 Å². The van der Waals surface area contributed by atoms with Gasteiger partial charge >= 0.3 is 6.03 Å². The molecule has 0 spiro atoms. The number of hydrogen-bond donors (Lipinski definition) is 1. The molecule has 0 aliphatic carbocycles. The number of urea groups is 1.